The van der Waals surface area contributed by atoms with E-state index in [9.17, 15) is 18.0 Å². The number of carbonyl (C=O) groups is 1. The van der Waals surface area contributed by atoms with Gasteiger partial charge in [0.1, 0.15) is 6.54 Å². The van der Waals surface area contributed by atoms with E-state index >= 15 is 0 Å². The Kier molecular flexibility index (Phi) is 6.71. The number of nitrogens with zero attached hydrogens (tertiary/aromatic N) is 4. The normalized spacial score (nSPS) is 18.1. The number of rotatable bonds is 5. The summed E-state index contributed by atoms with van der Waals surface area (Å²) in [5.74, 6) is 0.304. The van der Waals surface area contributed by atoms with E-state index in [4.69, 9.17) is 0 Å². The summed E-state index contributed by atoms with van der Waals surface area (Å²) in [6.45, 7) is 0.903. The molecule has 0 radical (unpaired) electrons. The molecule has 1 aliphatic carbocycles. The van der Waals surface area contributed by atoms with Gasteiger partial charge in [-0.25, -0.2) is 13.4 Å². The molecule has 1 aliphatic heterocycles. The first-order valence-electron chi connectivity index (χ1n) is 12.3. The third-order valence-electron chi connectivity index (χ3n) is 7.22. The van der Waals surface area contributed by atoms with Gasteiger partial charge in [0.05, 0.1) is 22.1 Å². The molecule has 2 aliphatic rings. The second-order valence-corrected chi connectivity index (χ2v) is 11.3. The molecule has 8 nitrogen and oxygen atoms in total. The number of hydrogen-bond acceptors (Lipinski definition) is 5. The molecule has 3 aromatic rings. The minimum Gasteiger partial charge on any atom is -0.338 e. The van der Waals surface area contributed by atoms with Gasteiger partial charge in [-0.15, -0.1) is 0 Å². The van der Waals surface area contributed by atoms with Crippen molar-refractivity contribution in [2.45, 2.75) is 49.5 Å². The maximum atomic E-state index is 13.2. The molecule has 0 atom stereocenters. The number of piperazine rings is 1. The number of para-hydroxylation sites is 1. The van der Waals surface area contributed by atoms with Crippen LogP contribution in [0.3, 0.4) is 0 Å². The summed E-state index contributed by atoms with van der Waals surface area (Å²) >= 11 is 0. The van der Waals surface area contributed by atoms with Gasteiger partial charge in [0.2, 0.25) is 15.9 Å². The summed E-state index contributed by atoms with van der Waals surface area (Å²) in [5, 5.41) is 0.466. The van der Waals surface area contributed by atoms with Crippen molar-refractivity contribution in [3.05, 3.63) is 70.8 Å². The second-order valence-electron chi connectivity index (χ2n) is 9.38. The maximum Gasteiger partial charge on any atom is 0.261 e. The van der Waals surface area contributed by atoms with Crippen molar-refractivity contribution < 1.29 is 13.2 Å². The van der Waals surface area contributed by atoms with Crippen molar-refractivity contribution in [3.63, 3.8) is 0 Å². The molecule has 1 saturated carbocycles. The summed E-state index contributed by atoms with van der Waals surface area (Å²) in [5.41, 5.74) is 1.55. The highest BCUT2D eigenvalue weighted by atomic mass is 32.2. The molecule has 35 heavy (non-hydrogen) atoms. The topological polar surface area (TPSA) is 92.6 Å². The summed E-state index contributed by atoms with van der Waals surface area (Å²) in [4.78, 5) is 31.7. The lowest BCUT2D eigenvalue weighted by molar-refractivity contribution is -0.133. The van der Waals surface area contributed by atoms with Crippen molar-refractivity contribution in [1.82, 2.24) is 18.8 Å². The highest BCUT2D eigenvalue weighted by Crippen LogP contribution is 2.33. The van der Waals surface area contributed by atoms with Crippen molar-refractivity contribution >= 4 is 26.8 Å². The fourth-order valence-corrected chi connectivity index (χ4v) is 6.56. The van der Waals surface area contributed by atoms with E-state index in [0.717, 1.165) is 0 Å². The zero-order valence-electron chi connectivity index (χ0n) is 19.7. The van der Waals surface area contributed by atoms with E-state index in [1.54, 1.807) is 35.2 Å². The number of aromatic nitrogens is 2. The number of hydrogen-bond donors (Lipinski definition) is 0. The maximum absolute atomic E-state index is 13.2. The Bertz CT molecular complexity index is 1370. The van der Waals surface area contributed by atoms with Crippen LogP contribution in [0, 0.1) is 0 Å². The molecule has 1 saturated heterocycles. The quantitative estimate of drug-likeness (QED) is 0.544. The zero-order chi connectivity index (χ0) is 24.4. The predicted octanol–water partition coefficient (Wildman–Crippen LogP) is 2.98. The van der Waals surface area contributed by atoms with Gasteiger partial charge < -0.3 is 4.90 Å². The smallest absolute Gasteiger partial charge is 0.261 e. The van der Waals surface area contributed by atoms with Gasteiger partial charge >= 0.3 is 0 Å². The number of fused-ring (bicyclic) bond motifs is 1. The third-order valence-corrected chi connectivity index (χ3v) is 9.14. The first-order chi connectivity index (χ1) is 16.9. The Labute approximate surface area is 205 Å². The van der Waals surface area contributed by atoms with E-state index in [-0.39, 0.29) is 44.2 Å². The summed E-state index contributed by atoms with van der Waals surface area (Å²) in [7, 11) is -3.62. The van der Waals surface area contributed by atoms with Crippen molar-refractivity contribution in [3.8, 4) is 0 Å². The molecule has 0 bridgehead atoms. The van der Waals surface area contributed by atoms with Gasteiger partial charge in [-0.2, -0.15) is 4.31 Å². The Morgan fingerprint density at radius 1 is 0.914 bits per heavy atom. The highest BCUT2D eigenvalue weighted by Gasteiger charge is 2.30. The SMILES string of the molecule is O=C(Cn1cnc2ccccc2c1=O)N1CCN(S(=O)(=O)c2ccc(C3CCCCC3)cc2)CC1. The van der Waals surface area contributed by atoms with Crippen LogP contribution in [-0.2, 0) is 21.4 Å². The van der Waals surface area contributed by atoms with E-state index in [2.05, 4.69) is 4.98 Å². The van der Waals surface area contributed by atoms with E-state index in [0.29, 0.717) is 21.7 Å². The lowest BCUT2D eigenvalue weighted by Crippen LogP contribution is -2.51. The average molecular weight is 495 g/mol. The molecule has 184 valence electrons. The van der Waals surface area contributed by atoms with E-state index < -0.39 is 10.0 Å². The van der Waals surface area contributed by atoms with Gasteiger partial charge in [-0.1, -0.05) is 43.5 Å². The highest BCUT2D eigenvalue weighted by molar-refractivity contribution is 7.89. The zero-order valence-corrected chi connectivity index (χ0v) is 20.5. The largest absolute Gasteiger partial charge is 0.338 e. The minimum atomic E-state index is -3.62. The molecule has 2 fully saturated rings. The fraction of sp³-hybridized carbons (Fsp3) is 0.423. The fourth-order valence-electron chi connectivity index (χ4n) is 5.14. The van der Waals surface area contributed by atoms with Crippen LogP contribution < -0.4 is 5.56 Å². The Morgan fingerprint density at radius 2 is 1.60 bits per heavy atom. The van der Waals surface area contributed by atoms with Crippen LogP contribution in [0.1, 0.15) is 43.6 Å². The van der Waals surface area contributed by atoms with Crippen LogP contribution in [0.25, 0.3) is 10.9 Å². The number of amides is 1. The number of benzene rings is 2. The first-order valence-corrected chi connectivity index (χ1v) is 13.7. The van der Waals surface area contributed by atoms with E-state index in [1.165, 1.54) is 52.9 Å². The van der Waals surface area contributed by atoms with Crippen LogP contribution in [0.5, 0.6) is 0 Å². The molecule has 5 rings (SSSR count). The molecule has 9 heteroatoms. The third kappa shape index (κ3) is 4.88. The number of carbonyl (C=O) groups excluding carboxylic acids is 1. The molecule has 0 spiro atoms. The molecule has 1 aromatic heterocycles. The van der Waals surface area contributed by atoms with Crippen molar-refractivity contribution in [1.29, 1.82) is 0 Å². The lowest BCUT2D eigenvalue weighted by atomic mass is 9.84. The number of sulfonamides is 1. The van der Waals surface area contributed by atoms with Gasteiger partial charge in [0.15, 0.2) is 0 Å². The van der Waals surface area contributed by atoms with Crippen LogP contribution in [0.4, 0.5) is 0 Å². The van der Waals surface area contributed by atoms with Gasteiger partial charge in [-0.3, -0.25) is 14.2 Å². The molecule has 1 amide bonds. The first kappa shape index (κ1) is 23.7. The van der Waals surface area contributed by atoms with Crippen LogP contribution in [-0.4, -0.2) is 59.3 Å². The summed E-state index contributed by atoms with van der Waals surface area (Å²) < 4.78 is 29.1. The molecular formula is C26H30N4O4S. The molecule has 0 N–H and O–H groups in total. The second kappa shape index (κ2) is 9.91. The molecular weight excluding hydrogens is 464 g/mol. The van der Waals surface area contributed by atoms with Crippen LogP contribution >= 0.6 is 0 Å². The standard InChI is InChI=1S/C26H30N4O4S/c31-25(18-29-19-27-24-9-5-4-8-23(24)26(29)32)28-14-16-30(17-15-28)35(33,34)22-12-10-21(11-13-22)20-6-2-1-3-7-20/h4-5,8-13,19-20H,1-3,6-7,14-18H2. The van der Waals surface area contributed by atoms with Gasteiger partial charge in [0, 0.05) is 26.2 Å². The van der Waals surface area contributed by atoms with Crippen LogP contribution in [0.2, 0.25) is 0 Å². The van der Waals surface area contributed by atoms with Crippen molar-refractivity contribution in [2.75, 3.05) is 26.2 Å². The van der Waals surface area contributed by atoms with E-state index in [1.807, 2.05) is 18.2 Å². The Balaban J connectivity index is 1.21. The average Bonchev–Trinajstić information content (AvgIpc) is 2.91. The van der Waals surface area contributed by atoms with Gasteiger partial charge in [0.25, 0.3) is 5.56 Å². The lowest BCUT2D eigenvalue weighted by Gasteiger charge is -2.34. The Hall–Kier alpha value is -3.04. The predicted molar refractivity (Wildman–Crippen MR) is 134 cm³/mol. The van der Waals surface area contributed by atoms with Crippen molar-refractivity contribution in [2.24, 2.45) is 0 Å². The monoisotopic (exact) mass is 494 g/mol. The molecule has 0 unspecified atom stereocenters. The Morgan fingerprint density at radius 3 is 2.31 bits per heavy atom. The van der Waals surface area contributed by atoms with Gasteiger partial charge in [-0.05, 0) is 48.6 Å². The minimum absolute atomic E-state index is 0.119. The molecule has 2 aromatic carbocycles. The summed E-state index contributed by atoms with van der Waals surface area (Å²) in [6.07, 6.45) is 7.49. The summed E-state index contributed by atoms with van der Waals surface area (Å²) in [6, 6.07) is 14.4. The molecule has 2 heterocycles. The van der Waals surface area contributed by atoms with Crippen LogP contribution in [0.15, 0.2) is 64.5 Å².